The first-order chi connectivity index (χ1) is 12.6. The molecule has 0 spiro atoms. The number of H-pyrrole nitrogens is 1. The van der Waals surface area contributed by atoms with Crippen molar-refractivity contribution in [2.75, 3.05) is 50.8 Å². The molecular weight excluding hydrogens is 398 g/mol. The number of aliphatic hydroxyl groups is 1. The first-order valence-electron chi connectivity index (χ1n) is 8.86. The number of piperazine rings is 1. The molecule has 0 bridgehead atoms. The van der Waals surface area contributed by atoms with Gasteiger partial charge >= 0.3 is 5.97 Å². The van der Waals surface area contributed by atoms with Crippen molar-refractivity contribution >= 4 is 27.7 Å². The lowest BCUT2D eigenvalue weighted by molar-refractivity contribution is 0.0527. The number of carbonyl (C=O) groups is 1. The van der Waals surface area contributed by atoms with Crippen molar-refractivity contribution in [3.63, 3.8) is 0 Å². The fourth-order valence-electron chi connectivity index (χ4n) is 3.18. The number of aromatic nitrogens is 1. The average molecular weight is 422 g/mol. The van der Waals surface area contributed by atoms with Crippen LogP contribution in [-0.2, 0) is 4.74 Å². The van der Waals surface area contributed by atoms with Gasteiger partial charge in [-0.25, -0.2) is 4.79 Å². The highest BCUT2D eigenvalue weighted by molar-refractivity contribution is 9.10. The van der Waals surface area contributed by atoms with Gasteiger partial charge in [-0.05, 0) is 30.7 Å². The molecule has 1 aromatic carbocycles. The van der Waals surface area contributed by atoms with E-state index in [-0.39, 0.29) is 12.6 Å². The summed E-state index contributed by atoms with van der Waals surface area (Å²) in [6.07, 6.45) is 0. The minimum atomic E-state index is -0.306. The number of esters is 1. The highest BCUT2D eigenvalue weighted by Gasteiger charge is 2.25. The second-order valence-electron chi connectivity index (χ2n) is 6.22. The Morgan fingerprint density at radius 1 is 1.23 bits per heavy atom. The van der Waals surface area contributed by atoms with E-state index in [1.54, 1.807) is 0 Å². The van der Waals surface area contributed by atoms with Gasteiger partial charge in [0.05, 0.1) is 13.2 Å². The molecule has 2 heterocycles. The number of aliphatic hydroxyl groups excluding tert-OH is 1. The largest absolute Gasteiger partial charge is 0.462 e. The van der Waals surface area contributed by atoms with Crippen LogP contribution in [0.3, 0.4) is 0 Å². The summed E-state index contributed by atoms with van der Waals surface area (Å²) in [5.74, 6) is 0.505. The Morgan fingerprint density at radius 3 is 2.54 bits per heavy atom. The smallest absolute Gasteiger partial charge is 0.341 e. The van der Waals surface area contributed by atoms with Gasteiger partial charge in [-0.2, -0.15) is 0 Å². The summed E-state index contributed by atoms with van der Waals surface area (Å²) < 4.78 is 6.26. The maximum absolute atomic E-state index is 12.5. The number of nitrogens with zero attached hydrogens (tertiary/aromatic N) is 2. The Morgan fingerprint density at radius 2 is 1.92 bits per heavy atom. The minimum Gasteiger partial charge on any atom is -0.462 e. The second kappa shape index (κ2) is 8.70. The molecule has 0 saturated carbocycles. The summed E-state index contributed by atoms with van der Waals surface area (Å²) in [7, 11) is 0. The lowest BCUT2D eigenvalue weighted by Crippen LogP contribution is -2.47. The Balaban J connectivity index is 1.87. The van der Waals surface area contributed by atoms with E-state index in [0.29, 0.717) is 18.7 Å². The van der Waals surface area contributed by atoms with Crippen LogP contribution in [0.15, 0.2) is 34.8 Å². The van der Waals surface area contributed by atoms with Gasteiger partial charge in [0, 0.05) is 42.9 Å². The van der Waals surface area contributed by atoms with Gasteiger partial charge in [0.1, 0.15) is 11.4 Å². The summed E-state index contributed by atoms with van der Waals surface area (Å²) >= 11 is 3.45. The molecule has 1 fully saturated rings. The lowest BCUT2D eigenvalue weighted by atomic mass is 10.1. The Hall–Kier alpha value is -1.83. The molecule has 1 saturated heterocycles. The minimum absolute atomic E-state index is 0.171. The van der Waals surface area contributed by atoms with E-state index in [0.717, 1.165) is 47.7 Å². The molecule has 2 N–H and O–H groups in total. The molecule has 1 aliphatic heterocycles. The molecule has 0 radical (unpaired) electrons. The summed E-state index contributed by atoms with van der Waals surface area (Å²) in [6, 6.07) is 9.85. The number of rotatable bonds is 6. The summed E-state index contributed by atoms with van der Waals surface area (Å²) in [4.78, 5) is 20.3. The van der Waals surface area contributed by atoms with Crippen LogP contribution < -0.4 is 4.90 Å². The number of benzene rings is 1. The number of ether oxygens (including phenoxy) is 1. The zero-order valence-corrected chi connectivity index (χ0v) is 16.5. The maximum Gasteiger partial charge on any atom is 0.341 e. The fourth-order valence-corrected chi connectivity index (χ4v) is 3.44. The van der Waals surface area contributed by atoms with E-state index in [4.69, 9.17) is 9.84 Å². The lowest BCUT2D eigenvalue weighted by Gasteiger charge is -2.35. The molecule has 2 aromatic rings. The highest BCUT2D eigenvalue weighted by atomic mass is 79.9. The van der Waals surface area contributed by atoms with Crippen molar-refractivity contribution in [3.05, 3.63) is 40.4 Å². The van der Waals surface area contributed by atoms with Crippen LogP contribution in [0, 0.1) is 0 Å². The van der Waals surface area contributed by atoms with E-state index < -0.39 is 0 Å². The molecule has 0 atom stereocenters. The predicted molar refractivity (Wildman–Crippen MR) is 106 cm³/mol. The number of anilines is 1. The van der Waals surface area contributed by atoms with E-state index in [9.17, 15) is 4.79 Å². The molecule has 1 aromatic heterocycles. The van der Waals surface area contributed by atoms with E-state index >= 15 is 0 Å². The third-order valence-electron chi connectivity index (χ3n) is 4.55. The van der Waals surface area contributed by atoms with Crippen LogP contribution >= 0.6 is 15.9 Å². The summed E-state index contributed by atoms with van der Waals surface area (Å²) in [5, 5.41) is 9.10. The molecule has 7 heteroatoms. The number of halogens is 1. The first-order valence-corrected chi connectivity index (χ1v) is 9.66. The zero-order chi connectivity index (χ0) is 18.5. The zero-order valence-electron chi connectivity index (χ0n) is 14.9. The Labute approximate surface area is 161 Å². The monoisotopic (exact) mass is 421 g/mol. The van der Waals surface area contributed by atoms with Crippen molar-refractivity contribution in [2.45, 2.75) is 6.92 Å². The molecule has 0 aliphatic carbocycles. The van der Waals surface area contributed by atoms with E-state index in [1.807, 2.05) is 37.3 Å². The van der Waals surface area contributed by atoms with Gasteiger partial charge in [0.25, 0.3) is 0 Å². The second-order valence-corrected chi connectivity index (χ2v) is 7.14. The fraction of sp³-hybridized carbons (Fsp3) is 0.421. The van der Waals surface area contributed by atoms with E-state index in [2.05, 4.69) is 30.7 Å². The highest BCUT2D eigenvalue weighted by Crippen LogP contribution is 2.29. The van der Waals surface area contributed by atoms with Gasteiger partial charge in [0.15, 0.2) is 0 Å². The van der Waals surface area contributed by atoms with E-state index in [1.165, 1.54) is 0 Å². The first kappa shape index (κ1) is 18.9. The number of carbonyl (C=O) groups excluding carboxylic acids is 1. The van der Waals surface area contributed by atoms with Gasteiger partial charge in [0.2, 0.25) is 0 Å². The van der Waals surface area contributed by atoms with Crippen LogP contribution in [0.5, 0.6) is 0 Å². The van der Waals surface area contributed by atoms with Gasteiger partial charge in [-0.1, -0.05) is 28.1 Å². The molecule has 26 heavy (non-hydrogen) atoms. The van der Waals surface area contributed by atoms with Gasteiger partial charge in [-0.3, -0.25) is 4.90 Å². The standard InChI is InChI=1S/C19H24BrN3O3/c1-2-26-19(25)16-13-17(14-3-5-15(20)6-4-14)21-18(16)23-9-7-22(8-10-23)11-12-24/h3-6,13,21,24H,2,7-12H2,1H3. The predicted octanol–water partition coefficient (Wildman–Crippen LogP) is 2.74. The number of β-amino-alcohol motifs (C(OH)–C–C–N with tert-alkyl or cyclic N) is 1. The Bertz CT molecular complexity index is 737. The van der Waals surface area contributed by atoms with Crippen molar-refractivity contribution in [2.24, 2.45) is 0 Å². The number of nitrogens with one attached hydrogen (secondary N) is 1. The van der Waals surface area contributed by atoms with Crippen LogP contribution in [0.2, 0.25) is 0 Å². The van der Waals surface area contributed by atoms with Gasteiger partial charge < -0.3 is 19.7 Å². The molecule has 0 unspecified atom stereocenters. The molecule has 3 rings (SSSR count). The molecule has 0 amide bonds. The maximum atomic E-state index is 12.5. The molecular formula is C19H24BrN3O3. The topological polar surface area (TPSA) is 68.8 Å². The van der Waals surface area contributed by atoms with Crippen LogP contribution in [0.1, 0.15) is 17.3 Å². The van der Waals surface area contributed by atoms with Crippen LogP contribution in [0.25, 0.3) is 11.3 Å². The van der Waals surface area contributed by atoms with Crippen molar-refractivity contribution in [3.8, 4) is 11.3 Å². The number of aromatic amines is 1. The third-order valence-corrected chi connectivity index (χ3v) is 5.08. The average Bonchev–Trinajstić information content (AvgIpc) is 3.09. The summed E-state index contributed by atoms with van der Waals surface area (Å²) in [6.45, 7) is 6.33. The summed E-state index contributed by atoms with van der Waals surface area (Å²) in [5.41, 5.74) is 2.48. The van der Waals surface area contributed by atoms with Crippen molar-refractivity contribution < 1.29 is 14.6 Å². The van der Waals surface area contributed by atoms with Crippen molar-refractivity contribution in [1.29, 1.82) is 0 Å². The van der Waals surface area contributed by atoms with Gasteiger partial charge in [-0.15, -0.1) is 0 Å². The number of hydrogen-bond acceptors (Lipinski definition) is 5. The molecule has 140 valence electrons. The van der Waals surface area contributed by atoms with Crippen molar-refractivity contribution in [1.82, 2.24) is 9.88 Å². The van der Waals surface area contributed by atoms with Crippen LogP contribution in [-0.4, -0.2) is 66.9 Å². The molecule has 6 nitrogen and oxygen atoms in total. The Kier molecular flexibility index (Phi) is 6.34. The number of hydrogen-bond donors (Lipinski definition) is 2. The quantitative estimate of drug-likeness (QED) is 0.701. The third kappa shape index (κ3) is 4.28. The normalized spacial score (nSPS) is 15.3. The SMILES string of the molecule is CCOC(=O)c1cc(-c2ccc(Br)cc2)[nH]c1N1CCN(CCO)CC1. The van der Waals surface area contributed by atoms with Crippen LogP contribution in [0.4, 0.5) is 5.82 Å². The molecule has 1 aliphatic rings.